The molecule has 4 rings (SSSR count). The third-order valence-electron chi connectivity index (χ3n) is 5.42. The summed E-state index contributed by atoms with van der Waals surface area (Å²) in [5.74, 6) is -1.17. The average Bonchev–Trinajstić information content (AvgIpc) is 3.31. The molecular formula is C26H22FNO6S. The molecule has 0 fully saturated rings. The number of aliphatic hydroxyl groups excluding tert-OH is 1. The number of carbonyl (C=O) groups excluding carboxylic acids is 1. The Morgan fingerprint density at radius 2 is 1.91 bits per heavy atom. The molecule has 0 amide bonds. The number of aromatic nitrogens is 1. The van der Waals surface area contributed by atoms with E-state index in [0.29, 0.717) is 21.7 Å². The highest BCUT2D eigenvalue weighted by molar-refractivity contribution is 7.17. The number of thiophene rings is 1. The molecule has 1 unspecified atom stereocenters. The van der Waals surface area contributed by atoms with Gasteiger partial charge in [0, 0.05) is 28.3 Å². The Hall–Kier alpha value is -3.82. The number of nitrogens with zero attached hydrogens (tertiary/aromatic N) is 1. The maximum Gasteiger partial charge on any atom is 0.341 e. The van der Waals surface area contributed by atoms with E-state index in [9.17, 15) is 19.1 Å². The molecule has 7 nitrogen and oxygen atoms in total. The minimum absolute atomic E-state index is 0.0537. The number of aliphatic carboxylic acids is 1. The number of fused-ring (bicyclic) bond motifs is 1. The number of hydrogen-bond acceptors (Lipinski definition) is 7. The van der Waals surface area contributed by atoms with Crippen LogP contribution >= 0.6 is 11.3 Å². The Labute approximate surface area is 204 Å². The number of Topliss-reactive ketones (excluding diaryl/α,β-unsaturated/α-hetero) is 1. The summed E-state index contributed by atoms with van der Waals surface area (Å²) in [4.78, 5) is 28.0. The van der Waals surface area contributed by atoms with Crippen LogP contribution in [0.2, 0.25) is 0 Å². The van der Waals surface area contributed by atoms with E-state index in [4.69, 9.17) is 14.6 Å². The summed E-state index contributed by atoms with van der Waals surface area (Å²) >= 11 is 1.30. The summed E-state index contributed by atoms with van der Waals surface area (Å²) in [6.45, 7) is -0.530. The highest BCUT2D eigenvalue weighted by Gasteiger charge is 2.17. The van der Waals surface area contributed by atoms with E-state index in [2.05, 4.69) is 4.98 Å². The van der Waals surface area contributed by atoms with Gasteiger partial charge in [0.1, 0.15) is 5.82 Å². The topological polar surface area (TPSA) is 106 Å². The van der Waals surface area contributed by atoms with Crippen LogP contribution in [0.15, 0.2) is 60.0 Å². The van der Waals surface area contributed by atoms with Crippen molar-refractivity contribution in [3.05, 3.63) is 77.1 Å². The largest absolute Gasteiger partial charge is 0.493 e. The van der Waals surface area contributed by atoms with Gasteiger partial charge in [0.15, 0.2) is 23.9 Å². The average molecular weight is 496 g/mol. The van der Waals surface area contributed by atoms with E-state index < -0.39 is 18.7 Å². The fraction of sp³-hybridized carbons (Fsp3) is 0.192. The Bertz CT molecular complexity index is 1390. The molecule has 2 N–H and O–H groups in total. The molecule has 0 saturated carbocycles. The molecule has 4 aromatic rings. The minimum Gasteiger partial charge on any atom is -0.493 e. The van der Waals surface area contributed by atoms with Crippen LogP contribution in [0.1, 0.15) is 35.0 Å². The summed E-state index contributed by atoms with van der Waals surface area (Å²) in [6.07, 6.45) is -0.771. The van der Waals surface area contributed by atoms with Crippen LogP contribution < -0.4 is 9.47 Å². The van der Waals surface area contributed by atoms with Crippen LogP contribution in [0, 0.1) is 5.82 Å². The number of carboxylic acids is 1. The molecule has 2 aromatic carbocycles. The van der Waals surface area contributed by atoms with Gasteiger partial charge >= 0.3 is 5.97 Å². The molecule has 35 heavy (non-hydrogen) atoms. The van der Waals surface area contributed by atoms with Gasteiger partial charge in [0.2, 0.25) is 0 Å². The maximum atomic E-state index is 14.1. The number of halogens is 1. The lowest BCUT2D eigenvalue weighted by Crippen LogP contribution is -2.10. The molecule has 0 saturated heterocycles. The lowest BCUT2D eigenvalue weighted by atomic mass is 10.0. The van der Waals surface area contributed by atoms with Gasteiger partial charge in [-0.2, -0.15) is 0 Å². The van der Waals surface area contributed by atoms with Crippen molar-refractivity contribution < 1.29 is 33.7 Å². The number of pyridine rings is 1. The summed E-state index contributed by atoms with van der Waals surface area (Å²) in [7, 11) is 1.39. The number of methoxy groups -OCH3 is 1. The number of aliphatic hydroxyl groups is 1. The molecule has 0 spiro atoms. The Kier molecular flexibility index (Phi) is 7.38. The quantitative estimate of drug-likeness (QED) is 0.289. The zero-order chi connectivity index (χ0) is 24.9. The molecule has 2 heterocycles. The number of benzene rings is 2. The van der Waals surface area contributed by atoms with Gasteiger partial charge in [-0.15, -0.1) is 11.3 Å². The Morgan fingerprint density at radius 1 is 1.11 bits per heavy atom. The number of ketones is 1. The van der Waals surface area contributed by atoms with Crippen molar-refractivity contribution >= 4 is 33.2 Å². The summed E-state index contributed by atoms with van der Waals surface area (Å²) < 4.78 is 25.0. The van der Waals surface area contributed by atoms with Crippen LogP contribution in [0.5, 0.6) is 11.5 Å². The van der Waals surface area contributed by atoms with E-state index in [1.54, 1.807) is 24.3 Å². The van der Waals surface area contributed by atoms with Crippen molar-refractivity contribution in [1.82, 2.24) is 4.98 Å². The van der Waals surface area contributed by atoms with Gasteiger partial charge < -0.3 is 19.7 Å². The standard InChI is InChI=1S/C26H22FNO6S/c1-33-24-12-15(8-11-23(24)34-13-25(31)32)21(29)9-10-22(30)20-7-3-6-19(28-20)17-14-35-26-16(17)4-2-5-18(26)27/h2-8,11-12,14,22,30H,9-10,13H2,1H3,(H,31,32). The molecule has 0 aliphatic rings. The Morgan fingerprint density at radius 3 is 2.69 bits per heavy atom. The first-order valence-electron chi connectivity index (χ1n) is 10.7. The molecule has 180 valence electrons. The summed E-state index contributed by atoms with van der Waals surface area (Å²) in [6, 6.07) is 14.6. The van der Waals surface area contributed by atoms with E-state index in [-0.39, 0.29) is 35.9 Å². The normalized spacial score (nSPS) is 11.9. The second kappa shape index (κ2) is 10.6. The lowest BCUT2D eigenvalue weighted by Gasteiger charge is -2.12. The SMILES string of the molecule is COc1cc(C(=O)CCC(O)c2cccc(-c3csc4c(F)cccc34)n2)ccc1OCC(=O)O. The van der Waals surface area contributed by atoms with Gasteiger partial charge in [-0.05, 0) is 42.8 Å². The van der Waals surface area contributed by atoms with Crippen LogP contribution in [0.25, 0.3) is 21.3 Å². The molecule has 0 aliphatic heterocycles. The van der Waals surface area contributed by atoms with Crippen molar-refractivity contribution in [2.45, 2.75) is 18.9 Å². The van der Waals surface area contributed by atoms with Crippen molar-refractivity contribution in [2.75, 3.05) is 13.7 Å². The first kappa shape index (κ1) is 24.3. The van der Waals surface area contributed by atoms with Crippen LogP contribution in [-0.4, -0.2) is 40.7 Å². The van der Waals surface area contributed by atoms with E-state index in [0.717, 1.165) is 10.9 Å². The lowest BCUT2D eigenvalue weighted by molar-refractivity contribution is -0.139. The van der Waals surface area contributed by atoms with E-state index >= 15 is 0 Å². The molecule has 0 radical (unpaired) electrons. The fourth-order valence-corrected chi connectivity index (χ4v) is 4.64. The number of carbonyl (C=O) groups is 2. The molecule has 2 aromatic heterocycles. The molecule has 9 heteroatoms. The highest BCUT2D eigenvalue weighted by atomic mass is 32.1. The van der Waals surface area contributed by atoms with Crippen molar-refractivity contribution in [2.24, 2.45) is 0 Å². The second-order valence-electron chi connectivity index (χ2n) is 7.74. The van der Waals surface area contributed by atoms with Crippen LogP contribution in [0.3, 0.4) is 0 Å². The van der Waals surface area contributed by atoms with E-state index in [1.807, 2.05) is 11.4 Å². The summed E-state index contributed by atoms with van der Waals surface area (Å²) in [5.41, 5.74) is 2.17. The predicted octanol–water partition coefficient (Wildman–Crippen LogP) is 5.27. The number of hydrogen-bond donors (Lipinski definition) is 2. The zero-order valence-corrected chi connectivity index (χ0v) is 19.5. The van der Waals surface area contributed by atoms with Gasteiger partial charge in [-0.25, -0.2) is 9.18 Å². The molecule has 0 aliphatic carbocycles. The Balaban J connectivity index is 1.45. The van der Waals surface area contributed by atoms with Crippen molar-refractivity contribution in [3.8, 4) is 22.8 Å². The monoisotopic (exact) mass is 495 g/mol. The second-order valence-corrected chi connectivity index (χ2v) is 8.62. The number of carboxylic acid groups (broad SMARTS) is 1. The molecule has 0 bridgehead atoms. The van der Waals surface area contributed by atoms with Crippen molar-refractivity contribution in [3.63, 3.8) is 0 Å². The van der Waals surface area contributed by atoms with E-state index in [1.165, 1.54) is 42.7 Å². The minimum atomic E-state index is -1.13. The number of rotatable bonds is 10. The first-order valence-corrected chi connectivity index (χ1v) is 11.6. The van der Waals surface area contributed by atoms with Gasteiger partial charge in [-0.3, -0.25) is 9.78 Å². The third-order valence-corrected chi connectivity index (χ3v) is 6.43. The van der Waals surface area contributed by atoms with Gasteiger partial charge in [0.05, 0.1) is 29.3 Å². The third kappa shape index (κ3) is 5.47. The van der Waals surface area contributed by atoms with Crippen LogP contribution in [-0.2, 0) is 4.79 Å². The van der Waals surface area contributed by atoms with Crippen LogP contribution in [0.4, 0.5) is 4.39 Å². The fourth-order valence-electron chi connectivity index (χ4n) is 3.67. The first-order chi connectivity index (χ1) is 16.9. The van der Waals surface area contributed by atoms with Crippen molar-refractivity contribution in [1.29, 1.82) is 0 Å². The van der Waals surface area contributed by atoms with Gasteiger partial charge in [-0.1, -0.05) is 18.2 Å². The maximum absolute atomic E-state index is 14.1. The van der Waals surface area contributed by atoms with Gasteiger partial charge in [0.25, 0.3) is 0 Å². The molecule has 1 atom stereocenters. The highest BCUT2D eigenvalue weighted by Crippen LogP contribution is 2.35. The summed E-state index contributed by atoms with van der Waals surface area (Å²) in [5, 5.41) is 22.1. The zero-order valence-electron chi connectivity index (χ0n) is 18.7. The smallest absolute Gasteiger partial charge is 0.341 e. The molecular weight excluding hydrogens is 473 g/mol. The predicted molar refractivity (Wildman–Crippen MR) is 130 cm³/mol. The number of ether oxygens (including phenoxy) is 2.